The average Bonchev–Trinajstić information content (AvgIpc) is 3.55. The van der Waals surface area contributed by atoms with Crippen LogP contribution < -0.4 is 24.3 Å². The number of benzene rings is 2. The van der Waals surface area contributed by atoms with E-state index in [1.807, 2.05) is 38.8 Å². The molecular weight excluding hydrogens is 676 g/mol. The Kier molecular flexibility index (Phi) is 10.2. The fourth-order valence-electron chi connectivity index (χ4n) is 8.54. The molecule has 2 bridgehead atoms. The zero-order chi connectivity index (χ0) is 37.0. The van der Waals surface area contributed by atoms with E-state index in [0.717, 1.165) is 11.1 Å². The van der Waals surface area contributed by atoms with Gasteiger partial charge in [-0.05, 0) is 51.3 Å². The Labute approximate surface area is 302 Å². The minimum absolute atomic E-state index is 0.00195. The summed E-state index contributed by atoms with van der Waals surface area (Å²) in [4.78, 5) is 42.8. The summed E-state index contributed by atoms with van der Waals surface area (Å²) < 4.78 is 23.6. The number of nitrogens with one attached hydrogen (secondary N) is 1. The third kappa shape index (κ3) is 6.07. The standard InChI is InChI=1S/C37H46N4O9S/c1-16(2)9-26(45)39-22(19(5)43)14-51-37-29-28(36-35(48-15-49-36)18(4)34(29)50-20(6)44)25(13-42)41-24(12-38)23-11-21-10-17(3)33(47-8)32(46)27(21)30(31(37)41)40(23)7/h10,16,22-25,30-31,37,42,46H,9,11,13-15H2,1-8H3,(H,39,45)/t22-,23-,24?,25-,30+,31?,37+/m0/s1. The van der Waals surface area contributed by atoms with Crippen LogP contribution in [0.1, 0.15) is 84.8 Å². The highest BCUT2D eigenvalue weighted by atomic mass is 32.2. The molecule has 4 aliphatic rings. The summed E-state index contributed by atoms with van der Waals surface area (Å²) >= 11 is 1.39. The number of esters is 1. The highest BCUT2D eigenvalue weighted by molar-refractivity contribution is 7.99. The van der Waals surface area contributed by atoms with Crippen LogP contribution in [0, 0.1) is 31.1 Å². The lowest BCUT2D eigenvalue weighted by Crippen LogP contribution is -2.69. The van der Waals surface area contributed by atoms with E-state index < -0.39 is 48.0 Å². The van der Waals surface area contributed by atoms with Crippen LogP contribution in [0.25, 0.3) is 0 Å². The van der Waals surface area contributed by atoms with Crippen LogP contribution in [0.15, 0.2) is 6.07 Å². The van der Waals surface area contributed by atoms with Crippen molar-refractivity contribution in [3.63, 3.8) is 0 Å². The van der Waals surface area contributed by atoms with Crippen LogP contribution in [0.4, 0.5) is 0 Å². The Morgan fingerprint density at radius 3 is 2.45 bits per heavy atom. The number of ketones is 1. The smallest absolute Gasteiger partial charge is 0.308 e. The van der Waals surface area contributed by atoms with Crippen molar-refractivity contribution in [3.8, 4) is 34.8 Å². The molecule has 4 aliphatic heterocycles. The predicted octanol–water partition coefficient (Wildman–Crippen LogP) is 3.79. The van der Waals surface area contributed by atoms with Crippen molar-refractivity contribution in [1.29, 1.82) is 5.26 Å². The number of hydrogen-bond acceptors (Lipinski definition) is 13. The molecule has 274 valence electrons. The van der Waals surface area contributed by atoms with Crippen LogP contribution in [0.5, 0.6) is 28.7 Å². The summed E-state index contributed by atoms with van der Waals surface area (Å²) in [5.41, 5.74) is 3.94. The maximum absolute atomic E-state index is 13.0. The zero-order valence-electron chi connectivity index (χ0n) is 30.2. The van der Waals surface area contributed by atoms with Crippen molar-refractivity contribution >= 4 is 29.4 Å². The lowest BCUT2D eigenvalue weighted by molar-refractivity contribution is -0.132. The van der Waals surface area contributed by atoms with E-state index in [9.17, 15) is 29.9 Å². The van der Waals surface area contributed by atoms with Crippen molar-refractivity contribution in [3.05, 3.63) is 39.4 Å². The predicted molar refractivity (Wildman–Crippen MR) is 188 cm³/mol. The van der Waals surface area contributed by atoms with Crippen molar-refractivity contribution in [2.24, 2.45) is 5.92 Å². The van der Waals surface area contributed by atoms with Crippen LogP contribution >= 0.6 is 11.8 Å². The summed E-state index contributed by atoms with van der Waals surface area (Å²) in [6, 6.07) is 0.700. The number of thioether (sulfide) groups is 1. The largest absolute Gasteiger partial charge is 0.504 e. The molecule has 0 aliphatic carbocycles. The van der Waals surface area contributed by atoms with Crippen molar-refractivity contribution < 1.29 is 43.5 Å². The summed E-state index contributed by atoms with van der Waals surface area (Å²) in [5.74, 6) is 0.593. The van der Waals surface area contributed by atoms with Gasteiger partial charge in [-0.2, -0.15) is 5.26 Å². The summed E-state index contributed by atoms with van der Waals surface area (Å²) in [7, 11) is 3.44. The number of carbonyl (C=O) groups excluding carboxylic acids is 3. The van der Waals surface area contributed by atoms with Gasteiger partial charge < -0.3 is 34.5 Å². The second kappa shape index (κ2) is 14.2. The Morgan fingerprint density at radius 1 is 1.14 bits per heavy atom. The van der Waals surface area contributed by atoms with E-state index in [4.69, 9.17) is 18.9 Å². The van der Waals surface area contributed by atoms with E-state index in [2.05, 4.69) is 16.3 Å². The average molecular weight is 723 g/mol. The van der Waals surface area contributed by atoms with Gasteiger partial charge in [-0.3, -0.25) is 24.2 Å². The Balaban J connectivity index is 1.62. The molecule has 0 radical (unpaired) electrons. The number of aryl methyl sites for hydroxylation is 1. The third-order valence-corrected chi connectivity index (χ3v) is 12.0. The fourth-order valence-corrected chi connectivity index (χ4v) is 10.1. The highest BCUT2D eigenvalue weighted by Gasteiger charge is 2.60. The number of aromatic hydroxyl groups is 1. The Morgan fingerprint density at radius 2 is 1.84 bits per heavy atom. The minimum Gasteiger partial charge on any atom is -0.504 e. The number of ether oxygens (including phenoxy) is 4. The number of likely N-dealkylation sites (N-methyl/N-ethyl adjacent to an activating group) is 1. The number of hydrogen-bond donors (Lipinski definition) is 3. The van der Waals surface area contributed by atoms with E-state index in [1.165, 1.54) is 32.7 Å². The topological polar surface area (TPSA) is 171 Å². The molecular formula is C37H46N4O9S. The molecule has 7 atom stereocenters. The van der Waals surface area contributed by atoms with Crippen LogP contribution in [0.3, 0.4) is 0 Å². The number of amides is 1. The lowest BCUT2D eigenvalue weighted by atomic mass is 9.71. The van der Waals surface area contributed by atoms with Gasteiger partial charge in [0.25, 0.3) is 0 Å². The molecule has 2 aromatic carbocycles. The Hall–Kier alpha value is -4.03. The van der Waals surface area contributed by atoms with E-state index in [-0.39, 0.29) is 54.1 Å². The number of nitriles is 1. The first-order valence-corrected chi connectivity index (χ1v) is 18.2. The van der Waals surface area contributed by atoms with Crippen molar-refractivity contribution in [2.45, 2.75) is 95.9 Å². The molecule has 14 heteroatoms. The monoisotopic (exact) mass is 722 g/mol. The van der Waals surface area contributed by atoms with Gasteiger partial charge in [-0.1, -0.05) is 19.9 Å². The van der Waals surface area contributed by atoms with Gasteiger partial charge in [-0.25, -0.2) is 0 Å². The number of aliphatic hydroxyl groups excluding tert-OH is 1. The minimum atomic E-state index is -0.836. The normalized spacial score (nSPS) is 25.3. The fraction of sp³-hybridized carbons (Fsp3) is 0.568. The number of carbonyl (C=O) groups is 3. The molecule has 13 nitrogen and oxygen atoms in total. The van der Waals surface area contributed by atoms with Gasteiger partial charge in [-0.15, -0.1) is 11.8 Å². The molecule has 2 unspecified atom stereocenters. The summed E-state index contributed by atoms with van der Waals surface area (Å²) in [6.07, 6.45) is 0.716. The van der Waals surface area contributed by atoms with Gasteiger partial charge in [0.2, 0.25) is 12.7 Å². The molecule has 0 spiro atoms. The highest BCUT2D eigenvalue weighted by Crippen LogP contribution is 2.63. The van der Waals surface area contributed by atoms with Crippen molar-refractivity contribution in [2.75, 3.05) is 33.3 Å². The molecule has 0 saturated carbocycles. The molecule has 3 N–H and O–H groups in total. The number of phenols is 1. The van der Waals surface area contributed by atoms with Crippen molar-refractivity contribution in [1.82, 2.24) is 15.1 Å². The molecule has 2 aromatic rings. The number of Topliss-reactive ketones (excluding diaryl/α,β-unsaturated/α-hetero) is 1. The number of piperazine rings is 1. The lowest BCUT2D eigenvalue weighted by Gasteiger charge is -2.61. The molecule has 1 saturated heterocycles. The first-order chi connectivity index (χ1) is 24.2. The first-order valence-electron chi connectivity index (χ1n) is 17.2. The number of aliphatic hydroxyl groups is 1. The summed E-state index contributed by atoms with van der Waals surface area (Å²) in [6.45, 7) is 9.75. The van der Waals surface area contributed by atoms with Gasteiger partial charge in [0.15, 0.2) is 28.8 Å². The number of nitrogens with zero attached hydrogens (tertiary/aromatic N) is 3. The molecule has 1 amide bonds. The van der Waals surface area contributed by atoms with Gasteiger partial charge >= 0.3 is 5.97 Å². The number of methoxy groups -OCH3 is 1. The van der Waals surface area contributed by atoms with Crippen LogP contribution in [-0.4, -0.2) is 95.2 Å². The van der Waals surface area contributed by atoms with Gasteiger partial charge in [0, 0.05) is 53.4 Å². The Bertz CT molecular complexity index is 1810. The molecule has 51 heavy (non-hydrogen) atoms. The van der Waals surface area contributed by atoms with E-state index in [1.54, 1.807) is 6.92 Å². The first kappa shape index (κ1) is 36.8. The molecule has 1 fully saturated rings. The maximum atomic E-state index is 13.0. The zero-order valence-corrected chi connectivity index (χ0v) is 31.1. The second-order valence-corrected chi connectivity index (χ2v) is 15.4. The third-order valence-electron chi connectivity index (χ3n) is 10.6. The maximum Gasteiger partial charge on any atom is 0.308 e. The number of fused-ring (bicyclic) bond motifs is 9. The molecule has 6 rings (SSSR count). The quantitative estimate of drug-likeness (QED) is 0.239. The molecule has 0 aromatic heterocycles. The SMILES string of the molecule is COc1c(C)cc2c(c1O)[C@@H]1C3[C@H](SC[C@H](NC(=O)CC(C)C)C(C)=O)c4c(OC(C)=O)c(C)c5c(c4[C@H](CO)N3C(C#N)[C@H](C2)N1C)OCO5. The van der Waals surface area contributed by atoms with Gasteiger partial charge in [0.05, 0.1) is 43.2 Å². The van der Waals surface area contributed by atoms with E-state index >= 15 is 0 Å². The van der Waals surface area contributed by atoms with Crippen LogP contribution in [-0.2, 0) is 20.8 Å². The second-order valence-electron chi connectivity index (χ2n) is 14.3. The van der Waals surface area contributed by atoms with Crippen LogP contribution in [0.2, 0.25) is 0 Å². The number of phenolic OH excluding ortho intramolecular Hbond substituents is 1. The summed E-state index contributed by atoms with van der Waals surface area (Å²) in [5, 5.41) is 36.3. The number of rotatable bonds is 10. The van der Waals surface area contributed by atoms with Gasteiger partial charge in [0.1, 0.15) is 11.8 Å². The van der Waals surface area contributed by atoms with E-state index in [0.29, 0.717) is 45.9 Å². The molecule has 4 heterocycles.